The number of carbonyl (C=O) groups excluding carboxylic acids is 1. The van der Waals surface area contributed by atoms with E-state index in [0.29, 0.717) is 17.4 Å². The van der Waals surface area contributed by atoms with Gasteiger partial charge in [-0.3, -0.25) is 4.79 Å². The van der Waals surface area contributed by atoms with Crippen LogP contribution in [0.2, 0.25) is 0 Å². The topological polar surface area (TPSA) is 67.2 Å². The molecule has 0 spiro atoms. The van der Waals surface area contributed by atoms with E-state index in [1.807, 2.05) is 0 Å². The fraction of sp³-hybridized carbons (Fsp3) is 0.478. The zero-order valence-corrected chi connectivity index (χ0v) is 16.8. The van der Waals surface area contributed by atoms with Gasteiger partial charge in [0.05, 0.1) is 0 Å². The number of amides is 1. The van der Waals surface area contributed by atoms with Crippen LogP contribution in [0.1, 0.15) is 72.3 Å². The third-order valence-corrected chi connectivity index (χ3v) is 5.98. The summed E-state index contributed by atoms with van der Waals surface area (Å²) in [6, 6.07) is 8.22. The number of rotatable bonds is 4. The Morgan fingerprint density at radius 1 is 1.21 bits per heavy atom. The predicted molar refractivity (Wildman–Crippen MR) is 111 cm³/mol. The van der Waals surface area contributed by atoms with E-state index < -0.39 is 0 Å². The number of hydrogen-bond acceptors (Lipinski definition) is 4. The van der Waals surface area contributed by atoms with E-state index in [-0.39, 0.29) is 5.91 Å². The second-order valence-corrected chi connectivity index (χ2v) is 8.22. The number of allylic oxidation sites excluding steroid dienone is 2. The second-order valence-electron chi connectivity index (χ2n) is 8.22. The Bertz CT molecular complexity index is 878. The quantitative estimate of drug-likeness (QED) is 0.792. The fourth-order valence-electron chi connectivity index (χ4n) is 4.22. The van der Waals surface area contributed by atoms with Crippen LogP contribution in [0, 0.1) is 12.8 Å². The Kier molecular flexibility index (Phi) is 5.62. The lowest BCUT2D eigenvalue weighted by Gasteiger charge is -2.26. The highest BCUT2D eigenvalue weighted by Gasteiger charge is 2.21. The summed E-state index contributed by atoms with van der Waals surface area (Å²) in [5.74, 6) is 1.73. The van der Waals surface area contributed by atoms with E-state index >= 15 is 0 Å². The van der Waals surface area contributed by atoms with Crippen LogP contribution in [-0.2, 0) is 0 Å². The lowest BCUT2D eigenvalue weighted by atomic mass is 9.84. The van der Waals surface area contributed by atoms with E-state index in [4.69, 9.17) is 4.52 Å². The molecule has 1 aromatic heterocycles. The minimum absolute atomic E-state index is 0.225. The molecule has 5 nitrogen and oxygen atoms in total. The fourth-order valence-corrected chi connectivity index (χ4v) is 4.22. The summed E-state index contributed by atoms with van der Waals surface area (Å²) in [4.78, 5) is 12.6. The number of aromatic nitrogens is 1. The van der Waals surface area contributed by atoms with Crippen LogP contribution in [0.5, 0.6) is 0 Å². The molecular weight excluding hydrogens is 350 g/mol. The molecule has 1 saturated heterocycles. The van der Waals surface area contributed by atoms with Crippen molar-refractivity contribution >= 4 is 17.2 Å². The molecule has 2 aliphatic rings. The normalized spacial score (nSPS) is 20.6. The molecule has 1 aliphatic heterocycles. The Labute approximate surface area is 166 Å². The van der Waals surface area contributed by atoms with Gasteiger partial charge in [0.2, 0.25) is 0 Å². The van der Waals surface area contributed by atoms with Crippen LogP contribution >= 0.6 is 0 Å². The van der Waals surface area contributed by atoms with Gasteiger partial charge in [-0.25, -0.2) is 0 Å². The third kappa shape index (κ3) is 4.20. The van der Waals surface area contributed by atoms with Crippen molar-refractivity contribution in [1.29, 1.82) is 0 Å². The van der Waals surface area contributed by atoms with Gasteiger partial charge in [-0.1, -0.05) is 24.2 Å². The van der Waals surface area contributed by atoms with Gasteiger partial charge in [-0.15, -0.1) is 0 Å². The van der Waals surface area contributed by atoms with Gasteiger partial charge < -0.3 is 15.2 Å². The molecule has 1 aromatic carbocycles. The lowest BCUT2D eigenvalue weighted by molar-refractivity contribution is 0.101. The van der Waals surface area contributed by atoms with Crippen molar-refractivity contribution in [3.05, 3.63) is 52.9 Å². The van der Waals surface area contributed by atoms with Crippen molar-refractivity contribution in [1.82, 2.24) is 10.5 Å². The van der Waals surface area contributed by atoms with Gasteiger partial charge in [0.25, 0.3) is 5.91 Å². The molecule has 0 bridgehead atoms. The van der Waals surface area contributed by atoms with Crippen molar-refractivity contribution in [3.63, 3.8) is 0 Å². The number of benzene rings is 1. The van der Waals surface area contributed by atoms with Gasteiger partial charge >= 0.3 is 0 Å². The first kappa shape index (κ1) is 18.9. The van der Waals surface area contributed by atoms with E-state index in [1.165, 1.54) is 30.4 Å². The first-order valence-electron chi connectivity index (χ1n) is 10.4. The first-order chi connectivity index (χ1) is 13.6. The van der Waals surface area contributed by atoms with Crippen LogP contribution in [0.15, 0.2) is 34.9 Å². The number of piperidine rings is 1. The van der Waals surface area contributed by atoms with Gasteiger partial charge in [0.1, 0.15) is 5.76 Å². The number of nitrogens with one attached hydrogen (secondary N) is 2. The summed E-state index contributed by atoms with van der Waals surface area (Å²) in [7, 11) is 0. The van der Waals surface area contributed by atoms with Gasteiger partial charge in [0, 0.05) is 17.3 Å². The predicted octanol–water partition coefficient (Wildman–Crippen LogP) is 4.91. The molecule has 1 atom stereocenters. The molecule has 1 unspecified atom stereocenters. The molecule has 5 heteroatoms. The molecule has 1 fully saturated rings. The molecule has 28 heavy (non-hydrogen) atoms. The highest BCUT2D eigenvalue weighted by atomic mass is 16.5. The molecular formula is C23H29N3O2. The van der Waals surface area contributed by atoms with Crippen LogP contribution in [-0.4, -0.2) is 24.2 Å². The van der Waals surface area contributed by atoms with E-state index in [1.54, 1.807) is 13.0 Å². The number of carbonyl (C=O) groups is 1. The Hall–Kier alpha value is -2.40. The Balaban J connectivity index is 1.65. The van der Waals surface area contributed by atoms with Crippen LogP contribution in [0.4, 0.5) is 5.69 Å². The highest BCUT2D eigenvalue weighted by molar-refractivity contribution is 6.04. The molecule has 2 heterocycles. The summed E-state index contributed by atoms with van der Waals surface area (Å²) < 4.78 is 5.05. The number of anilines is 1. The van der Waals surface area contributed by atoms with Crippen molar-refractivity contribution < 1.29 is 9.32 Å². The standard InChI is InChI=1S/C23H29N3O2/c1-15-3-5-18(6-4-15)20-14-19(17-9-11-24-12-10-17)7-8-21(20)25-23(27)22-13-16(2)28-26-22/h5,7-8,13-15,17,24H,3-4,6,9-12H2,1-2H3,(H,25,27). The number of hydrogen-bond donors (Lipinski definition) is 2. The van der Waals surface area contributed by atoms with Crippen molar-refractivity contribution in [2.75, 3.05) is 18.4 Å². The zero-order valence-electron chi connectivity index (χ0n) is 16.8. The van der Waals surface area contributed by atoms with Gasteiger partial charge in [0.15, 0.2) is 5.69 Å². The number of aryl methyl sites for hydroxylation is 1. The third-order valence-electron chi connectivity index (χ3n) is 5.98. The van der Waals surface area contributed by atoms with E-state index in [2.05, 4.69) is 47.0 Å². The maximum absolute atomic E-state index is 12.6. The van der Waals surface area contributed by atoms with Gasteiger partial charge in [-0.2, -0.15) is 0 Å². The maximum atomic E-state index is 12.6. The van der Waals surface area contributed by atoms with Gasteiger partial charge in [-0.05, 0) is 87.2 Å². The average molecular weight is 380 g/mol. The minimum Gasteiger partial charge on any atom is -0.361 e. The highest BCUT2D eigenvalue weighted by Crippen LogP contribution is 2.37. The van der Waals surface area contributed by atoms with Crippen LogP contribution < -0.4 is 10.6 Å². The SMILES string of the molecule is Cc1cc(C(=O)Nc2ccc(C3CCNCC3)cc2C2=CCC(C)CC2)no1. The van der Waals surface area contributed by atoms with Crippen molar-refractivity contribution in [2.24, 2.45) is 5.92 Å². The molecule has 2 aromatic rings. The van der Waals surface area contributed by atoms with E-state index in [9.17, 15) is 4.79 Å². The Morgan fingerprint density at radius 3 is 2.71 bits per heavy atom. The maximum Gasteiger partial charge on any atom is 0.277 e. The smallest absolute Gasteiger partial charge is 0.277 e. The molecule has 0 radical (unpaired) electrons. The average Bonchev–Trinajstić information content (AvgIpc) is 3.16. The monoisotopic (exact) mass is 379 g/mol. The van der Waals surface area contributed by atoms with Crippen LogP contribution in [0.25, 0.3) is 5.57 Å². The minimum atomic E-state index is -0.225. The zero-order chi connectivity index (χ0) is 19.5. The van der Waals surface area contributed by atoms with Crippen molar-refractivity contribution in [2.45, 2.75) is 51.9 Å². The summed E-state index contributed by atoms with van der Waals surface area (Å²) in [5.41, 5.74) is 5.07. The lowest BCUT2D eigenvalue weighted by Crippen LogP contribution is -2.26. The second kappa shape index (κ2) is 8.31. The summed E-state index contributed by atoms with van der Waals surface area (Å²) >= 11 is 0. The molecule has 2 N–H and O–H groups in total. The molecule has 1 aliphatic carbocycles. The largest absolute Gasteiger partial charge is 0.361 e. The Morgan fingerprint density at radius 2 is 2.04 bits per heavy atom. The van der Waals surface area contributed by atoms with Crippen LogP contribution in [0.3, 0.4) is 0 Å². The summed E-state index contributed by atoms with van der Waals surface area (Å²) in [6.07, 6.45) is 8.04. The van der Waals surface area contributed by atoms with E-state index in [0.717, 1.165) is 43.1 Å². The molecule has 1 amide bonds. The summed E-state index contributed by atoms with van der Waals surface area (Å²) in [5, 5.41) is 10.4. The van der Waals surface area contributed by atoms with Crippen molar-refractivity contribution in [3.8, 4) is 0 Å². The summed E-state index contributed by atoms with van der Waals surface area (Å²) in [6.45, 7) is 6.24. The molecule has 148 valence electrons. The first-order valence-corrected chi connectivity index (χ1v) is 10.4. The number of nitrogens with zero attached hydrogens (tertiary/aromatic N) is 1. The molecule has 0 saturated carbocycles. The molecule has 4 rings (SSSR count).